The van der Waals surface area contributed by atoms with Crippen LogP contribution in [0.2, 0.25) is 0 Å². The van der Waals surface area contributed by atoms with E-state index in [4.69, 9.17) is 0 Å². The second kappa shape index (κ2) is 4.99. The Hall–Kier alpha value is -1.02. The van der Waals surface area contributed by atoms with Gasteiger partial charge in [-0.3, -0.25) is 4.90 Å². The van der Waals surface area contributed by atoms with Gasteiger partial charge in [0.05, 0.1) is 0 Å². The Morgan fingerprint density at radius 2 is 2.05 bits per heavy atom. The molecular weight excluding hydrogens is 268 g/mol. The van der Waals surface area contributed by atoms with Crippen molar-refractivity contribution < 1.29 is 0 Å². The lowest BCUT2D eigenvalue weighted by Gasteiger charge is -2.55. The van der Waals surface area contributed by atoms with Gasteiger partial charge in [0.15, 0.2) is 0 Å². The first-order valence-electron chi connectivity index (χ1n) is 9.04. The van der Waals surface area contributed by atoms with Crippen LogP contribution in [-0.2, 0) is 11.8 Å². The summed E-state index contributed by atoms with van der Waals surface area (Å²) >= 11 is 0. The lowest BCUT2D eigenvalue weighted by molar-refractivity contribution is 0.0284. The Labute approximate surface area is 135 Å². The highest BCUT2D eigenvalue weighted by molar-refractivity contribution is 5.54. The fraction of sp³-hybridized carbons (Fsp3) is 0.700. The van der Waals surface area contributed by atoms with E-state index in [-0.39, 0.29) is 0 Å². The maximum Gasteiger partial charge on any atom is 0.0364 e. The van der Waals surface area contributed by atoms with Gasteiger partial charge in [0.25, 0.3) is 0 Å². The summed E-state index contributed by atoms with van der Waals surface area (Å²) < 4.78 is 0. The molecule has 1 saturated heterocycles. The highest BCUT2D eigenvalue weighted by Gasteiger charge is 2.49. The first-order valence-corrected chi connectivity index (χ1v) is 9.04. The van der Waals surface area contributed by atoms with E-state index in [1.165, 1.54) is 44.5 Å². The van der Waals surface area contributed by atoms with Crippen LogP contribution in [0.3, 0.4) is 0 Å². The summed E-state index contributed by atoms with van der Waals surface area (Å²) in [7, 11) is 4.30. The number of hydrogen-bond acceptors (Lipinski definition) is 2. The number of piperidine rings is 1. The van der Waals surface area contributed by atoms with Crippen LogP contribution in [0.25, 0.3) is 0 Å². The molecule has 2 heteroatoms. The molecule has 0 aromatic heterocycles. The topological polar surface area (TPSA) is 6.48 Å². The fourth-order valence-electron chi connectivity index (χ4n) is 4.83. The summed E-state index contributed by atoms with van der Waals surface area (Å²) in [6, 6.07) is 7.94. The van der Waals surface area contributed by atoms with Crippen molar-refractivity contribution in [2.24, 2.45) is 11.8 Å². The van der Waals surface area contributed by atoms with Crippen LogP contribution < -0.4 is 4.90 Å². The molecule has 2 bridgehead atoms. The number of fused-ring (bicyclic) bond motifs is 4. The van der Waals surface area contributed by atoms with Crippen LogP contribution in [0.4, 0.5) is 5.69 Å². The molecule has 1 heterocycles. The summed E-state index contributed by atoms with van der Waals surface area (Å²) in [6.07, 6.45) is 5.52. The molecule has 1 aromatic rings. The Balaban J connectivity index is 1.70. The molecule has 4 rings (SSSR count). The lowest BCUT2D eigenvalue weighted by Crippen LogP contribution is -2.58. The van der Waals surface area contributed by atoms with Crippen LogP contribution >= 0.6 is 0 Å². The van der Waals surface area contributed by atoms with Crippen LogP contribution in [0.1, 0.15) is 44.2 Å². The van der Waals surface area contributed by atoms with E-state index in [0.717, 1.165) is 17.9 Å². The zero-order valence-corrected chi connectivity index (χ0v) is 14.6. The monoisotopic (exact) mass is 298 g/mol. The molecule has 1 aliphatic heterocycles. The van der Waals surface area contributed by atoms with Crippen LogP contribution in [-0.4, -0.2) is 38.1 Å². The average molecular weight is 298 g/mol. The third kappa shape index (κ3) is 2.19. The van der Waals surface area contributed by atoms with Crippen molar-refractivity contribution in [2.45, 2.75) is 51.0 Å². The number of anilines is 1. The first kappa shape index (κ1) is 14.6. The van der Waals surface area contributed by atoms with Gasteiger partial charge in [-0.15, -0.1) is 0 Å². The van der Waals surface area contributed by atoms with E-state index in [1.807, 2.05) is 0 Å². The van der Waals surface area contributed by atoms with Gasteiger partial charge in [-0.25, -0.2) is 0 Å². The first-order chi connectivity index (χ1) is 10.5. The number of rotatable bonds is 3. The predicted molar refractivity (Wildman–Crippen MR) is 93.7 cm³/mol. The molecule has 0 amide bonds. The van der Waals surface area contributed by atoms with Crippen molar-refractivity contribution in [1.29, 1.82) is 0 Å². The SMILES string of the molecule is C[C@@H]1[C@@H]2Cc3ccc(N(C)C)cc3[C@@]1(C)CCN2CC1CC1. The van der Waals surface area contributed by atoms with Crippen molar-refractivity contribution in [1.82, 2.24) is 4.90 Å². The quantitative estimate of drug-likeness (QED) is 0.840. The summed E-state index contributed by atoms with van der Waals surface area (Å²) in [6.45, 7) is 7.69. The van der Waals surface area contributed by atoms with Crippen molar-refractivity contribution in [3.8, 4) is 0 Å². The van der Waals surface area contributed by atoms with Crippen molar-refractivity contribution >= 4 is 5.69 Å². The molecule has 120 valence electrons. The third-order valence-corrected chi connectivity index (χ3v) is 6.81. The minimum Gasteiger partial charge on any atom is -0.378 e. The fourth-order valence-corrected chi connectivity index (χ4v) is 4.83. The van der Waals surface area contributed by atoms with Gasteiger partial charge in [0, 0.05) is 32.4 Å². The van der Waals surface area contributed by atoms with E-state index >= 15 is 0 Å². The molecule has 2 nitrogen and oxygen atoms in total. The van der Waals surface area contributed by atoms with Gasteiger partial charge in [0.1, 0.15) is 0 Å². The van der Waals surface area contributed by atoms with Gasteiger partial charge in [-0.1, -0.05) is 19.9 Å². The molecule has 0 unspecified atom stereocenters. The Morgan fingerprint density at radius 3 is 2.73 bits per heavy atom. The minimum atomic E-state index is 0.365. The maximum atomic E-state index is 2.83. The standard InChI is InChI=1S/C20H30N2/c1-14-19-11-16-7-8-17(21(3)4)12-18(16)20(14,2)9-10-22(19)13-15-5-6-15/h7-8,12,14-15,19H,5-6,9-11,13H2,1-4H3/t14-,19+,20+/m1/s1. The van der Waals surface area contributed by atoms with E-state index in [2.05, 4.69) is 55.9 Å². The number of likely N-dealkylation sites (tertiary alicyclic amines) is 1. The van der Waals surface area contributed by atoms with E-state index in [1.54, 1.807) is 11.1 Å². The molecule has 1 aromatic carbocycles. The van der Waals surface area contributed by atoms with E-state index in [0.29, 0.717) is 5.41 Å². The van der Waals surface area contributed by atoms with Gasteiger partial charge in [0.2, 0.25) is 0 Å². The summed E-state index contributed by atoms with van der Waals surface area (Å²) in [5.41, 5.74) is 4.96. The smallest absolute Gasteiger partial charge is 0.0364 e. The molecule has 0 N–H and O–H groups in total. The zero-order valence-electron chi connectivity index (χ0n) is 14.6. The van der Waals surface area contributed by atoms with Crippen LogP contribution in [0.15, 0.2) is 18.2 Å². The van der Waals surface area contributed by atoms with Crippen molar-refractivity contribution in [2.75, 3.05) is 32.1 Å². The normalized spacial score (nSPS) is 34.4. The van der Waals surface area contributed by atoms with E-state index < -0.39 is 0 Å². The average Bonchev–Trinajstić information content (AvgIpc) is 3.29. The third-order valence-electron chi connectivity index (χ3n) is 6.81. The number of benzene rings is 1. The Kier molecular flexibility index (Phi) is 3.30. The van der Waals surface area contributed by atoms with Gasteiger partial charge < -0.3 is 4.90 Å². The molecule has 3 aliphatic rings. The largest absolute Gasteiger partial charge is 0.378 e. The molecule has 1 saturated carbocycles. The van der Waals surface area contributed by atoms with Gasteiger partial charge in [-0.2, -0.15) is 0 Å². The van der Waals surface area contributed by atoms with E-state index in [9.17, 15) is 0 Å². The molecule has 3 atom stereocenters. The highest BCUT2D eigenvalue weighted by atomic mass is 15.2. The lowest BCUT2D eigenvalue weighted by atomic mass is 9.59. The highest BCUT2D eigenvalue weighted by Crippen LogP contribution is 2.50. The van der Waals surface area contributed by atoms with Gasteiger partial charge in [-0.05, 0) is 72.7 Å². The molecule has 2 fully saturated rings. The van der Waals surface area contributed by atoms with Crippen molar-refractivity contribution in [3.63, 3.8) is 0 Å². The van der Waals surface area contributed by atoms with Gasteiger partial charge >= 0.3 is 0 Å². The molecule has 2 aliphatic carbocycles. The molecular formula is C20H30N2. The Morgan fingerprint density at radius 1 is 1.27 bits per heavy atom. The molecule has 22 heavy (non-hydrogen) atoms. The minimum absolute atomic E-state index is 0.365. The zero-order chi connectivity index (χ0) is 15.5. The second-order valence-electron chi connectivity index (χ2n) is 8.40. The number of nitrogens with zero attached hydrogens (tertiary/aromatic N) is 2. The number of hydrogen-bond donors (Lipinski definition) is 0. The van der Waals surface area contributed by atoms with Crippen molar-refractivity contribution in [3.05, 3.63) is 29.3 Å². The summed E-state index contributed by atoms with van der Waals surface area (Å²) in [5, 5.41) is 0. The van der Waals surface area contributed by atoms with Crippen LogP contribution in [0.5, 0.6) is 0 Å². The summed E-state index contributed by atoms with van der Waals surface area (Å²) in [5.74, 6) is 1.78. The summed E-state index contributed by atoms with van der Waals surface area (Å²) in [4.78, 5) is 5.06. The molecule has 0 spiro atoms. The molecule has 0 radical (unpaired) electrons. The maximum absolute atomic E-state index is 2.83. The predicted octanol–water partition coefficient (Wildman–Crippen LogP) is 3.69. The van der Waals surface area contributed by atoms with Crippen LogP contribution in [0, 0.1) is 11.8 Å². The Bertz CT molecular complexity index is 575. The second-order valence-corrected chi connectivity index (χ2v) is 8.40.